The van der Waals surface area contributed by atoms with Gasteiger partial charge in [-0.1, -0.05) is 35.4 Å². The lowest BCUT2D eigenvalue weighted by atomic mass is 9.88. The van der Waals surface area contributed by atoms with Crippen LogP contribution in [0.3, 0.4) is 0 Å². The van der Waals surface area contributed by atoms with Gasteiger partial charge >= 0.3 is 12.1 Å². The van der Waals surface area contributed by atoms with Crippen LogP contribution in [-0.2, 0) is 16.0 Å². The average molecular weight is 465 g/mol. The summed E-state index contributed by atoms with van der Waals surface area (Å²) in [4.78, 5) is 57.3. The third kappa shape index (κ3) is 4.95. The number of piperidine rings is 1. The number of amides is 3. The normalized spacial score (nSPS) is 16.4. The zero-order valence-corrected chi connectivity index (χ0v) is 19.6. The molecule has 2 aliphatic rings. The monoisotopic (exact) mass is 464 g/mol. The van der Waals surface area contributed by atoms with Crippen molar-refractivity contribution in [3.05, 3.63) is 70.8 Å². The van der Waals surface area contributed by atoms with E-state index >= 15 is 0 Å². The molecule has 2 aromatic carbocycles. The highest BCUT2D eigenvalue weighted by molar-refractivity contribution is 6.21. The molecule has 0 bridgehead atoms. The molecule has 2 heterocycles. The number of benzene rings is 2. The maximum absolute atomic E-state index is 12.9. The molecule has 2 aliphatic heterocycles. The van der Waals surface area contributed by atoms with Crippen LogP contribution in [0, 0.1) is 5.92 Å². The fraction of sp³-hybridized carbons (Fsp3) is 0.385. The smallest absolute Gasteiger partial charge is 0.410 e. The zero-order chi connectivity index (χ0) is 24.5. The Bertz CT molecular complexity index is 1090. The molecule has 8 heteroatoms. The number of imide groups is 1. The van der Waals surface area contributed by atoms with Gasteiger partial charge in [0, 0.05) is 13.1 Å². The molecule has 0 N–H and O–H groups in total. The summed E-state index contributed by atoms with van der Waals surface area (Å²) in [6.07, 6.45) is 1.87. The van der Waals surface area contributed by atoms with Crippen molar-refractivity contribution in [2.45, 2.75) is 45.6 Å². The summed E-state index contributed by atoms with van der Waals surface area (Å²) in [6, 6.07) is 13.4. The number of carbonyl (C=O) groups excluding carboxylic acids is 4. The van der Waals surface area contributed by atoms with E-state index in [0.717, 1.165) is 18.4 Å². The van der Waals surface area contributed by atoms with Crippen LogP contribution < -0.4 is 0 Å². The molecule has 1 saturated heterocycles. The van der Waals surface area contributed by atoms with Crippen molar-refractivity contribution in [1.29, 1.82) is 0 Å². The fourth-order valence-corrected chi connectivity index (χ4v) is 4.24. The zero-order valence-electron chi connectivity index (χ0n) is 19.6. The van der Waals surface area contributed by atoms with E-state index in [9.17, 15) is 19.2 Å². The first kappa shape index (κ1) is 23.5. The number of rotatable bonds is 4. The first-order chi connectivity index (χ1) is 16.1. The minimum atomic E-state index is -0.753. The third-order valence-corrected chi connectivity index (χ3v) is 5.94. The average Bonchev–Trinajstić information content (AvgIpc) is 3.04. The Kier molecular flexibility index (Phi) is 6.41. The van der Waals surface area contributed by atoms with Crippen LogP contribution in [0.4, 0.5) is 4.79 Å². The van der Waals surface area contributed by atoms with E-state index in [4.69, 9.17) is 9.57 Å². The van der Waals surface area contributed by atoms with Crippen LogP contribution in [0.15, 0.2) is 48.5 Å². The molecular weight excluding hydrogens is 436 g/mol. The molecule has 3 amide bonds. The van der Waals surface area contributed by atoms with Crippen LogP contribution in [0.5, 0.6) is 0 Å². The number of ether oxygens (including phenoxy) is 1. The van der Waals surface area contributed by atoms with E-state index in [-0.39, 0.29) is 23.1 Å². The number of hydrogen-bond acceptors (Lipinski definition) is 6. The topological polar surface area (TPSA) is 93.2 Å². The van der Waals surface area contributed by atoms with E-state index in [2.05, 4.69) is 0 Å². The molecule has 8 nitrogen and oxygen atoms in total. The lowest BCUT2D eigenvalue weighted by Gasteiger charge is -2.33. The summed E-state index contributed by atoms with van der Waals surface area (Å²) < 4.78 is 5.45. The second-order valence-electron chi connectivity index (χ2n) is 9.60. The molecule has 1 fully saturated rings. The van der Waals surface area contributed by atoms with Gasteiger partial charge in [0.15, 0.2) is 0 Å². The summed E-state index contributed by atoms with van der Waals surface area (Å²) in [5.41, 5.74) is 0.983. The first-order valence-corrected chi connectivity index (χ1v) is 11.4. The van der Waals surface area contributed by atoms with Gasteiger partial charge in [0.05, 0.1) is 16.7 Å². The van der Waals surface area contributed by atoms with Crippen molar-refractivity contribution in [2.75, 3.05) is 13.1 Å². The number of fused-ring (bicyclic) bond motifs is 1. The van der Waals surface area contributed by atoms with Crippen molar-refractivity contribution in [3.8, 4) is 0 Å². The number of likely N-dealkylation sites (tertiary alicyclic amines) is 1. The van der Waals surface area contributed by atoms with Gasteiger partial charge in [-0.15, -0.1) is 0 Å². The van der Waals surface area contributed by atoms with E-state index < -0.39 is 23.4 Å². The molecule has 0 aliphatic carbocycles. The molecule has 0 radical (unpaired) electrons. The van der Waals surface area contributed by atoms with Crippen LogP contribution >= 0.6 is 0 Å². The molecule has 2 aromatic rings. The SMILES string of the molecule is CC(C)(C)OC(=O)N1CCC(Cc2ccccc2C(=O)ON2C(=O)c3ccccc3C2=O)CC1. The summed E-state index contributed by atoms with van der Waals surface area (Å²) in [6.45, 7) is 6.70. The van der Waals surface area contributed by atoms with Gasteiger partial charge in [-0.2, -0.15) is 0 Å². The Morgan fingerprint density at radius 2 is 1.47 bits per heavy atom. The molecule has 4 rings (SSSR count). The van der Waals surface area contributed by atoms with Gasteiger partial charge < -0.3 is 14.5 Å². The summed E-state index contributed by atoms with van der Waals surface area (Å²) in [7, 11) is 0. The second-order valence-corrected chi connectivity index (χ2v) is 9.60. The van der Waals surface area contributed by atoms with Crippen molar-refractivity contribution < 1.29 is 28.8 Å². The van der Waals surface area contributed by atoms with Crippen LogP contribution in [-0.4, -0.2) is 52.5 Å². The fourth-order valence-electron chi connectivity index (χ4n) is 4.24. The Morgan fingerprint density at radius 3 is 2.06 bits per heavy atom. The highest BCUT2D eigenvalue weighted by Gasteiger charge is 2.39. The number of hydroxylamine groups is 2. The number of nitrogens with zero attached hydrogens (tertiary/aromatic N) is 2. The molecule has 178 valence electrons. The summed E-state index contributed by atoms with van der Waals surface area (Å²) in [5.74, 6) is -1.79. The molecular formula is C26H28N2O6. The van der Waals surface area contributed by atoms with Crippen LogP contribution in [0.25, 0.3) is 0 Å². The number of carbonyl (C=O) groups is 4. The second kappa shape index (κ2) is 9.29. The molecule has 0 atom stereocenters. The van der Waals surface area contributed by atoms with Crippen molar-refractivity contribution >= 4 is 23.9 Å². The Balaban J connectivity index is 1.39. The number of hydrogen-bond donors (Lipinski definition) is 0. The molecule has 0 aromatic heterocycles. The van der Waals surface area contributed by atoms with Crippen molar-refractivity contribution in [1.82, 2.24) is 9.96 Å². The van der Waals surface area contributed by atoms with Gasteiger partial charge in [0.1, 0.15) is 5.60 Å². The van der Waals surface area contributed by atoms with E-state index in [1.54, 1.807) is 29.2 Å². The van der Waals surface area contributed by atoms with Crippen molar-refractivity contribution in [3.63, 3.8) is 0 Å². The highest BCUT2D eigenvalue weighted by Crippen LogP contribution is 2.27. The van der Waals surface area contributed by atoms with Gasteiger partial charge in [0.25, 0.3) is 11.8 Å². The van der Waals surface area contributed by atoms with Crippen LogP contribution in [0.2, 0.25) is 0 Å². The summed E-state index contributed by atoms with van der Waals surface area (Å²) >= 11 is 0. The predicted molar refractivity (Wildman–Crippen MR) is 123 cm³/mol. The van der Waals surface area contributed by atoms with E-state index in [1.807, 2.05) is 32.9 Å². The molecule has 0 unspecified atom stereocenters. The quantitative estimate of drug-likeness (QED) is 0.628. The first-order valence-electron chi connectivity index (χ1n) is 11.4. The largest absolute Gasteiger partial charge is 0.444 e. The van der Waals surface area contributed by atoms with Gasteiger partial charge in [0.2, 0.25) is 0 Å². The standard InChI is InChI=1S/C26H28N2O6/c1-26(2,3)33-25(32)27-14-12-17(13-15-27)16-18-8-4-5-9-19(18)24(31)34-28-22(29)20-10-6-7-11-21(20)23(28)30/h4-11,17H,12-16H2,1-3H3. The molecule has 34 heavy (non-hydrogen) atoms. The van der Waals surface area contributed by atoms with Gasteiger partial charge in [-0.3, -0.25) is 9.59 Å². The Morgan fingerprint density at radius 1 is 0.912 bits per heavy atom. The predicted octanol–water partition coefficient (Wildman–Crippen LogP) is 4.24. The van der Waals surface area contributed by atoms with E-state index in [0.29, 0.717) is 30.1 Å². The van der Waals surface area contributed by atoms with Crippen LogP contribution in [0.1, 0.15) is 70.3 Å². The van der Waals surface area contributed by atoms with Gasteiger partial charge in [-0.05, 0) is 69.7 Å². The minimum Gasteiger partial charge on any atom is -0.444 e. The minimum absolute atomic E-state index is 0.213. The Hall–Kier alpha value is -3.68. The summed E-state index contributed by atoms with van der Waals surface area (Å²) in [5, 5.41) is 0.531. The maximum atomic E-state index is 12.9. The molecule has 0 spiro atoms. The van der Waals surface area contributed by atoms with Gasteiger partial charge in [-0.25, -0.2) is 9.59 Å². The van der Waals surface area contributed by atoms with Crippen molar-refractivity contribution in [2.24, 2.45) is 5.92 Å². The molecule has 0 saturated carbocycles. The third-order valence-electron chi connectivity index (χ3n) is 5.94. The Labute approximate surface area is 198 Å². The highest BCUT2D eigenvalue weighted by atomic mass is 16.7. The lowest BCUT2D eigenvalue weighted by Crippen LogP contribution is -2.42. The maximum Gasteiger partial charge on any atom is 0.410 e. The van der Waals surface area contributed by atoms with E-state index in [1.165, 1.54) is 12.1 Å². The lowest BCUT2D eigenvalue weighted by molar-refractivity contribution is -0.0585.